The van der Waals surface area contributed by atoms with Crippen molar-refractivity contribution in [3.8, 4) is 5.75 Å². The molecule has 0 bridgehead atoms. The van der Waals surface area contributed by atoms with Crippen LogP contribution in [0.4, 0.5) is 17.1 Å². The van der Waals surface area contributed by atoms with Gasteiger partial charge in [-0.05, 0) is 49.5 Å². The number of carbonyl (C=O) groups is 1. The highest BCUT2D eigenvalue weighted by molar-refractivity contribution is 6.05. The predicted molar refractivity (Wildman–Crippen MR) is 102 cm³/mol. The highest BCUT2D eigenvalue weighted by atomic mass is 16.5. The highest BCUT2D eigenvalue weighted by Crippen LogP contribution is 2.26. The van der Waals surface area contributed by atoms with Crippen molar-refractivity contribution in [3.63, 3.8) is 0 Å². The van der Waals surface area contributed by atoms with Crippen LogP contribution in [0.5, 0.6) is 5.75 Å². The molecule has 25 heavy (non-hydrogen) atoms. The van der Waals surface area contributed by atoms with Crippen molar-refractivity contribution in [1.82, 2.24) is 4.90 Å². The lowest BCUT2D eigenvalue weighted by molar-refractivity contribution is 0.102. The molecule has 132 valence electrons. The first-order valence-corrected chi connectivity index (χ1v) is 8.35. The van der Waals surface area contributed by atoms with E-state index in [1.807, 2.05) is 12.1 Å². The Hall–Kier alpha value is -2.73. The molecule has 1 amide bonds. The van der Waals surface area contributed by atoms with Gasteiger partial charge in [0.2, 0.25) is 0 Å². The van der Waals surface area contributed by atoms with E-state index in [4.69, 9.17) is 10.5 Å². The summed E-state index contributed by atoms with van der Waals surface area (Å²) in [7, 11) is 3.73. The number of anilines is 3. The summed E-state index contributed by atoms with van der Waals surface area (Å²) in [5, 5.41) is 2.87. The number of nitrogens with one attached hydrogen (secondary N) is 1. The van der Waals surface area contributed by atoms with Crippen LogP contribution < -0.4 is 20.7 Å². The summed E-state index contributed by atoms with van der Waals surface area (Å²) in [6, 6.07) is 12.7. The van der Waals surface area contributed by atoms with E-state index >= 15 is 0 Å². The van der Waals surface area contributed by atoms with Crippen molar-refractivity contribution in [2.45, 2.75) is 0 Å². The summed E-state index contributed by atoms with van der Waals surface area (Å²) in [5.41, 5.74) is 9.09. The number of carbonyl (C=O) groups excluding carboxylic acids is 1. The fourth-order valence-corrected chi connectivity index (χ4v) is 2.91. The van der Waals surface area contributed by atoms with Gasteiger partial charge in [0.1, 0.15) is 5.75 Å². The van der Waals surface area contributed by atoms with E-state index in [1.54, 1.807) is 37.4 Å². The number of hydrogen-bond donors (Lipinski definition) is 2. The van der Waals surface area contributed by atoms with Gasteiger partial charge in [-0.25, -0.2) is 0 Å². The lowest BCUT2D eigenvalue weighted by Gasteiger charge is -2.34. The molecular weight excluding hydrogens is 316 g/mol. The van der Waals surface area contributed by atoms with Crippen LogP contribution in [0, 0.1) is 0 Å². The van der Waals surface area contributed by atoms with E-state index in [0.29, 0.717) is 16.9 Å². The number of nitrogen functional groups attached to an aromatic ring is 1. The van der Waals surface area contributed by atoms with Crippen molar-refractivity contribution in [2.24, 2.45) is 0 Å². The van der Waals surface area contributed by atoms with Crippen LogP contribution in [-0.2, 0) is 0 Å². The summed E-state index contributed by atoms with van der Waals surface area (Å²) in [4.78, 5) is 17.0. The zero-order chi connectivity index (χ0) is 17.8. The Morgan fingerprint density at radius 1 is 1.08 bits per heavy atom. The second-order valence-corrected chi connectivity index (χ2v) is 6.25. The van der Waals surface area contributed by atoms with Crippen molar-refractivity contribution < 1.29 is 9.53 Å². The minimum Gasteiger partial charge on any atom is -0.497 e. The normalized spacial score (nSPS) is 15.0. The lowest BCUT2D eigenvalue weighted by atomic mass is 10.1. The molecule has 0 aromatic heterocycles. The molecule has 1 aliphatic heterocycles. The predicted octanol–water partition coefficient (Wildman–Crippen LogP) is 2.28. The van der Waals surface area contributed by atoms with Gasteiger partial charge in [-0.15, -0.1) is 0 Å². The fourth-order valence-electron chi connectivity index (χ4n) is 2.91. The zero-order valence-electron chi connectivity index (χ0n) is 14.7. The maximum Gasteiger partial charge on any atom is 0.255 e. The van der Waals surface area contributed by atoms with Gasteiger partial charge in [-0.1, -0.05) is 0 Å². The molecule has 1 saturated heterocycles. The quantitative estimate of drug-likeness (QED) is 0.836. The third-order valence-corrected chi connectivity index (χ3v) is 4.48. The van der Waals surface area contributed by atoms with Gasteiger partial charge in [-0.2, -0.15) is 0 Å². The molecule has 0 saturated carbocycles. The van der Waals surface area contributed by atoms with Crippen LogP contribution in [0.15, 0.2) is 42.5 Å². The Balaban J connectivity index is 1.69. The lowest BCUT2D eigenvalue weighted by Crippen LogP contribution is -2.44. The van der Waals surface area contributed by atoms with Gasteiger partial charge in [0.25, 0.3) is 5.91 Å². The number of benzene rings is 2. The average molecular weight is 340 g/mol. The molecule has 0 spiro atoms. The van der Waals surface area contributed by atoms with E-state index in [1.165, 1.54) is 0 Å². The maximum atomic E-state index is 12.4. The second-order valence-electron chi connectivity index (χ2n) is 6.25. The topological polar surface area (TPSA) is 70.8 Å². The van der Waals surface area contributed by atoms with Gasteiger partial charge < -0.3 is 25.6 Å². The number of rotatable bonds is 4. The SMILES string of the molecule is COc1ccc(NC(=O)c2ccc(N3CCN(C)CC3)c(N)c2)cc1. The first-order valence-electron chi connectivity index (χ1n) is 8.35. The molecule has 3 N–H and O–H groups in total. The number of ether oxygens (including phenoxy) is 1. The smallest absolute Gasteiger partial charge is 0.255 e. The van der Waals surface area contributed by atoms with Gasteiger partial charge in [-0.3, -0.25) is 4.79 Å². The molecule has 0 unspecified atom stereocenters. The maximum absolute atomic E-state index is 12.4. The molecule has 6 nitrogen and oxygen atoms in total. The minimum atomic E-state index is -0.179. The van der Waals surface area contributed by atoms with Crippen LogP contribution in [0.25, 0.3) is 0 Å². The molecule has 1 aliphatic rings. The number of likely N-dealkylation sites (N-methyl/N-ethyl adjacent to an activating group) is 1. The molecule has 3 rings (SSSR count). The number of hydrogen-bond acceptors (Lipinski definition) is 5. The number of nitrogens with two attached hydrogens (primary N) is 1. The van der Waals surface area contributed by atoms with Gasteiger partial charge >= 0.3 is 0 Å². The molecule has 2 aromatic rings. The van der Waals surface area contributed by atoms with Crippen molar-refractivity contribution >= 4 is 23.0 Å². The minimum absolute atomic E-state index is 0.179. The molecule has 0 radical (unpaired) electrons. The number of methoxy groups -OCH3 is 1. The van der Waals surface area contributed by atoms with Gasteiger partial charge in [0.05, 0.1) is 18.5 Å². The van der Waals surface area contributed by atoms with E-state index in [-0.39, 0.29) is 5.91 Å². The fraction of sp³-hybridized carbons (Fsp3) is 0.316. The molecule has 1 fully saturated rings. The molecule has 0 atom stereocenters. The largest absolute Gasteiger partial charge is 0.497 e. The summed E-state index contributed by atoms with van der Waals surface area (Å²) in [6.07, 6.45) is 0. The third-order valence-electron chi connectivity index (χ3n) is 4.48. The number of nitrogens with zero attached hydrogens (tertiary/aromatic N) is 2. The van der Waals surface area contributed by atoms with Crippen LogP contribution >= 0.6 is 0 Å². The molecule has 1 heterocycles. The van der Waals surface area contributed by atoms with Crippen molar-refractivity contribution in [1.29, 1.82) is 0 Å². The summed E-state index contributed by atoms with van der Waals surface area (Å²) >= 11 is 0. The van der Waals surface area contributed by atoms with Crippen molar-refractivity contribution in [3.05, 3.63) is 48.0 Å². The van der Waals surface area contributed by atoms with E-state index in [9.17, 15) is 4.79 Å². The Bertz CT molecular complexity index is 738. The Morgan fingerprint density at radius 3 is 2.36 bits per heavy atom. The number of piperazine rings is 1. The average Bonchev–Trinajstić information content (AvgIpc) is 2.63. The highest BCUT2D eigenvalue weighted by Gasteiger charge is 2.17. The van der Waals surface area contributed by atoms with Crippen LogP contribution in [0.3, 0.4) is 0 Å². The standard InChI is InChI=1S/C19H24N4O2/c1-22-9-11-23(12-10-22)18-8-3-14(13-17(18)20)19(24)21-15-4-6-16(25-2)7-5-15/h3-8,13H,9-12,20H2,1-2H3,(H,21,24). The Kier molecular flexibility index (Phi) is 5.09. The summed E-state index contributed by atoms with van der Waals surface area (Å²) < 4.78 is 5.12. The molecule has 6 heteroatoms. The first kappa shape index (κ1) is 17.1. The van der Waals surface area contributed by atoms with E-state index < -0.39 is 0 Å². The van der Waals surface area contributed by atoms with Crippen LogP contribution in [-0.4, -0.2) is 51.1 Å². The summed E-state index contributed by atoms with van der Waals surface area (Å²) in [5.74, 6) is 0.570. The Labute approximate surface area is 148 Å². The summed E-state index contributed by atoms with van der Waals surface area (Å²) in [6.45, 7) is 3.91. The van der Waals surface area contributed by atoms with Gasteiger partial charge in [0, 0.05) is 37.4 Å². The van der Waals surface area contributed by atoms with Crippen molar-refractivity contribution in [2.75, 3.05) is 56.3 Å². The van der Waals surface area contributed by atoms with Crippen LogP contribution in [0.1, 0.15) is 10.4 Å². The van der Waals surface area contributed by atoms with Crippen LogP contribution in [0.2, 0.25) is 0 Å². The molecular formula is C19H24N4O2. The Morgan fingerprint density at radius 2 is 1.76 bits per heavy atom. The zero-order valence-corrected chi connectivity index (χ0v) is 14.7. The molecule has 0 aliphatic carbocycles. The van der Waals surface area contributed by atoms with Gasteiger partial charge in [0.15, 0.2) is 0 Å². The third kappa shape index (κ3) is 4.03. The number of amides is 1. The second kappa shape index (κ2) is 7.44. The first-order chi connectivity index (χ1) is 12.1. The van der Waals surface area contributed by atoms with E-state index in [2.05, 4.69) is 22.2 Å². The molecule has 2 aromatic carbocycles. The monoisotopic (exact) mass is 340 g/mol. The van der Waals surface area contributed by atoms with E-state index in [0.717, 1.165) is 37.6 Å².